The first-order valence-electron chi connectivity index (χ1n) is 8.94. The molecular weight excluding hydrogens is 330 g/mol. The van der Waals surface area contributed by atoms with Gasteiger partial charge in [-0.3, -0.25) is 14.9 Å². The summed E-state index contributed by atoms with van der Waals surface area (Å²) < 4.78 is 0. The van der Waals surface area contributed by atoms with Crippen molar-refractivity contribution < 1.29 is 9.72 Å². The number of nitro benzene ring substituents is 1. The largest absolute Gasteiger partial charge is 0.362 e. The Morgan fingerprint density at radius 3 is 2.27 bits per heavy atom. The van der Waals surface area contributed by atoms with Gasteiger partial charge in [0.25, 0.3) is 5.69 Å². The van der Waals surface area contributed by atoms with Crippen LogP contribution in [-0.4, -0.2) is 41.9 Å². The smallest absolute Gasteiger partial charge is 0.292 e. The normalized spacial score (nSPS) is 15.6. The highest BCUT2D eigenvalue weighted by Gasteiger charge is 2.29. The highest BCUT2D eigenvalue weighted by atomic mass is 16.6. The second-order valence-electron chi connectivity index (χ2n) is 6.43. The molecule has 1 unspecified atom stereocenters. The minimum atomic E-state index is -0.352. The van der Waals surface area contributed by atoms with E-state index in [1.165, 1.54) is 6.07 Å². The highest BCUT2D eigenvalue weighted by molar-refractivity contribution is 5.84. The van der Waals surface area contributed by atoms with Gasteiger partial charge < -0.3 is 9.80 Å². The van der Waals surface area contributed by atoms with Crippen LogP contribution in [0.2, 0.25) is 0 Å². The Bertz CT molecular complexity index is 771. The average molecular weight is 353 g/mol. The van der Waals surface area contributed by atoms with E-state index in [-0.39, 0.29) is 22.4 Å². The van der Waals surface area contributed by atoms with Crippen molar-refractivity contribution in [2.75, 3.05) is 31.1 Å². The maximum Gasteiger partial charge on any atom is 0.292 e. The molecule has 1 atom stereocenters. The fourth-order valence-corrected chi connectivity index (χ4v) is 3.51. The van der Waals surface area contributed by atoms with Crippen molar-refractivity contribution in [3.63, 3.8) is 0 Å². The summed E-state index contributed by atoms with van der Waals surface area (Å²) in [6.45, 7) is 4.38. The number of anilines is 1. The second kappa shape index (κ2) is 7.99. The number of hydrogen-bond acceptors (Lipinski definition) is 4. The Hall–Kier alpha value is -2.89. The lowest BCUT2D eigenvalue weighted by molar-refractivity contribution is -0.384. The van der Waals surface area contributed by atoms with Gasteiger partial charge in [-0.2, -0.15) is 0 Å². The van der Waals surface area contributed by atoms with E-state index in [1.807, 2.05) is 53.1 Å². The Balaban J connectivity index is 1.69. The summed E-state index contributed by atoms with van der Waals surface area (Å²) in [5, 5.41) is 11.2. The van der Waals surface area contributed by atoms with Crippen LogP contribution in [0.5, 0.6) is 0 Å². The van der Waals surface area contributed by atoms with E-state index >= 15 is 0 Å². The van der Waals surface area contributed by atoms with E-state index in [9.17, 15) is 14.9 Å². The zero-order chi connectivity index (χ0) is 18.5. The van der Waals surface area contributed by atoms with E-state index in [2.05, 4.69) is 0 Å². The summed E-state index contributed by atoms with van der Waals surface area (Å²) in [6, 6.07) is 16.6. The molecule has 0 saturated carbocycles. The Labute approximate surface area is 153 Å². The predicted molar refractivity (Wildman–Crippen MR) is 101 cm³/mol. The van der Waals surface area contributed by atoms with Gasteiger partial charge in [0.2, 0.25) is 5.91 Å². The lowest BCUT2D eigenvalue weighted by atomic mass is 9.95. The number of benzene rings is 2. The Morgan fingerprint density at radius 1 is 1.04 bits per heavy atom. The maximum absolute atomic E-state index is 12.9. The molecule has 0 radical (unpaired) electrons. The number of carbonyl (C=O) groups excluding carboxylic acids is 1. The summed E-state index contributed by atoms with van der Waals surface area (Å²) >= 11 is 0. The van der Waals surface area contributed by atoms with Crippen LogP contribution in [-0.2, 0) is 4.79 Å². The topological polar surface area (TPSA) is 66.7 Å². The summed E-state index contributed by atoms with van der Waals surface area (Å²) in [5.74, 6) is 0.00900. The minimum absolute atomic E-state index is 0.114. The monoisotopic (exact) mass is 353 g/mol. The quantitative estimate of drug-likeness (QED) is 0.610. The number of amides is 1. The number of nitrogens with zero attached hydrogens (tertiary/aromatic N) is 3. The number of hydrogen-bond donors (Lipinski definition) is 0. The van der Waals surface area contributed by atoms with Crippen LogP contribution < -0.4 is 4.90 Å². The molecule has 1 amide bonds. The van der Waals surface area contributed by atoms with Crippen LogP contribution in [0.25, 0.3) is 0 Å². The first kappa shape index (κ1) is 17.9. The van der Waals surface area contributed by atoms with Crippen LogP contribution in [0.1, 0.15) is 24.8 Å². The lowest BCUT2D eigenvalue weighted by Gasteiger charge is -2.37. The highest BCUT2D eigenvalue weighted by Crippen LogP contribution is 2.29. The van der Waals surface area contributed by atoms with Crippen LogP contribution in [0.15, 0.2) is 54.6 Å². The third-order valence-electron chi connectivity index (χ3n) is 4.92. The van der Waals surface area contributed by atoms with Crippen LogP contribution >= 0.6 is 0 Å². The molecule has 26 heavy (non-hydrogen) atoms. The van der Waals surface area contributed by atoms with Crippen molar-refractivity contribution >= 4 is 17.3 Å². The zero-order valence-electron chi connectivity index (χ0n) is 14.9. The standard InChI is InChI=1S/C20H23N3O3/c1-2-17(16-8-4-3-5-9-16)20(24)22-14-12-21(13-15-22)18-10-6-7-11-19(18)23(25)26/h3-11,17H,2,12-15H2,1H3. The van der Waals surface area contributed by atoms with Gasteiger partial charge in [0.15, 0.2) is 0 Å². The summed E-state index contributed by atoms with van der Waals surface area (Å²) in [6.07, 6.45) is 0.757. The second-order valence-corrected chi connectivity index (χ2v) is 6.43. The lowest BCUT2D eigenvalue weighted by Crippen LogP contribution is -2.50. The number of nitro groups is 1. The minimum Gasteiger partial charge on any atom is -0.362 e. The van der Waals surface area contributed by atoms with Gasteiger partial charge in [-0.15, -0.1) is 0 Å². The zero-order valence-corrected chi connectivity index (χ0v) is 14.9. The predicted octanol–water partition coefficient (Wildman–Crippen LogP) is 3.44. The molecular formula is C20H23N3O3. The van der Waals surface area contributed by atoms with Gasteiger partial charge >= 0.3 is 0 Å². The first-order valence-corrected chi connectivity index (χ1v) is 8.94. The van der Waals surface area contributed by atoms with E-state index in [4.69, 9.17) is 0 Å². The molecule has 0 aromatic heterocycles. The van der Waals surface area contributed by atoms with E-state index in [0.29, 0.717) is 31.9 Å². The molecule has 2 aromatic rings. The Morgan fingerprint density at radius 2 is 1.65 bits per heavy atom. The van der Waals surface area contributed by atoms with Gasteiger partial charge in [0, 0.05) is 32.2 Å². The van der Waals surface area contributed by atoms with Crippen LogP contribution in [0.4, 0.5) is 11.4 Å². The maximum atomic E-state index is 12.9. The summed E-state index contributed by atoms with van der Waals surface area (Å²) in [5.41, 5.74) is 1.78. The fraction of sp³-hybridized carbons (Fsp3) is 0.350. The van der Waals surface area contributed by atoms with E-state index in [0.717, 1.165) is 12.0 Å². The van der Waals surface area contributed by atoms with E-state index in [1.54, 1.807) is 12.1 Å². The summed E-state index contributed by atoms with van der Waals surface area (Å²) in [7, 11) is 0. The van der Waals surface area contributed by atoms with Gasteiger partial charge in [0.1, 0.15) is 5.69 Å². The average Bonchev–Trinajstić information content (AvgIpc) is 2.69. The van der Waals surface area contributed by atoms with Gasteiger partial charge in [0.05, 0.1) is 10.8 Å². The molecule has 6 heteroatoms. The van der Waals surface area contributed by atoms with Crippen molar-refractivity contribution in [3.05, 3.63) is 70.3 Å². The molecule has 3 rings (SSSR count). The number of rotatable bonds is 5. The van der Waals surface area contributed by atoms with Crippen molar-refractivity contribution in [1.29, 1.82) is 0 Å². The molecule has 0 N–H and O–H groups in total. The molecule has 1 fully saturated rings. The van der Waals surface area contributed by atoms with Crippen LogP contribution in [0.3, 0.4) is 0 Å². The molecule has 0 bridgehead atoms. The molecule has 1 aliphatic rings. The Kier molecular flexibility index (Phi) is 5.51. The third kappa shape index (κ3) is 3.69. The molecule has 0 aliphatic carbocycles. The van der Waals surface area contributed by atoms with Crippen LogP contribution in [0, 0.1) is 10.1 Å². The number of carbonyl (C=O) groups is 1. The number of para-hydroxylation sites is 2. The summed E-state index contributed by atoms with van der Waals surface area (Å²) in [4.78, 5) is 27.7. The van der Waals surface area contributed by atoms with Gasteiger partial charge in [-0.25, -0.2) is 0 Å². The first-order chi connectivity index (χ1) is 12.6. The molecule has 0 spiro atoms. The van der Waals surface area contributed by atoms with Crippen molar-refractivity contribution in [1.82, 2.24) is 4.90 Å². The fourth-order valence-electron chi connectivity index (χ4n) is 3.51. The molecule has 1 saturated heterocycles. The molecule has 6 nitrogen and oxygen atoms in total. The van der Waals surface area contributed by atoms with Gasteiger partial charge in [-0.05, 0) is 18.1 Å². The molecule has 2 aromatic carbocycles. The van der Waals surface area contributed by atoms with Crippen molar-refractivity contribution in [2.45, 2.75) is 19.3 Å². The number of piperazine rings is 1. The SMILES string of the molecule is CCC(C(=O)N1CCN(c2ccccc2[N+](=O)[O-])CC1)c1ccccc1. The third-order valence-corrected chi connectivity index (χ3v) is 4.92. The van der Waals surface area contributed by atoms with Gasteiger partial charge in [-0.1, -0.05) is 49.4 Å². The van der Waals surface area contributed by atoms with Crippen molar-refractivity contribution in [2.24, 2.45) is 0 Å². The molecule has 1 heterocycles. The molecule has 136 valence electrons. The van der Waals surface area contributed by atoms with E-state index < -0.39 is 0 Å². The van der Waals surface area contributed by atoms with Crippen molar-refractivity contribution in [3.8, 4) is 0 Å². The molecule has 1 aliphatic heterocycles.